The normalized spacial score (nSPS) is 16.1. The number of carbonyl (C=O) groups excluding carboxylic acids is 2. The van der Waals surface area contributed by atoms with Crippen LogP contribution in [0.5, 0.6) is 0 Å². The lowest BCUT2D eigenvalue weighted by molar-refractivity contribution is -0.138. The van der Waals surface area contributed by atoms with Crippen molar-refractivity contribution < 1.29 is 22.8 Å². The molecule has 0 atom stereocenters. The lowest BCUT2D eigenvalue weighted by Gasteiger charge is -2.32. The average molecular weight is 342 g/mol. The molecule has 0 N–H and O–H groups in total. The van der Waals surface area contributed by atoms with Crippen LogP contribution in [0.3, 0.4) is 0 Å². The van der Waals surface area contributed by atoms with E-state index < -0.39 is 17.6 Å². The zero-order chi connectivity index (χ0) is 17.9. The maximum Gasteiger partial charge on any atom is 0.418 e. The Morgan fingerprint density at radius 3 is 2.33 bits per heavy atom. The van der Waals surface area contributed by atoms with Crippen LogP contribution in [-0.2, 0) is 15.8 Å². The highest BCUT2D eigenvalue weighted by molar-refractivity contribution is 5.98. The molecular formula is C17H21F3N2O2. The minimum atomic E-state index is -4.59. The van der Waals surface area contributed by atoms with Gasteiger partial charge in [-0.15, -0.1) is 0 Å². The summed E-state index contributed by atoms with van der Waals surface area (Å²) in [6.45, 7) is 4.04. The Morgan fingerprint density at radius 1 is 1.21 bits per heavy atom. The van der Waals surface area contributed by atoms with Gasteiger partial charge in [-0.2, -0.15) is 13.2 Å². The zero-order valence-electron chi connectivity index (χ0n) is 13.8. The molecule has 1 aliphatic rings. The van der Waals surface area contributed by atoms with E-state index in [1.54, 1.807) is 4.90 Å². The van der Waals surface area contributed by atoms with Gasteiger partial charge < -0.3 is 9.80 Å². The summed E-state index contributed by atoms with van der Waals surface area (Å²) in [6.07, 6.45) is -2.86. The van der Waals surface area contributed by atoms with Crippen LogP contribution in [0.15, 0.2) is 24.3 Å². The number of rotatable bonds is 3. The van der Waals surface area contributed by atoms with Gasteiger partial charge in [0.05, 0.1) is 11.3 Å². The topological polar surface area (TPSA) is 40.6 Å². The highest BCUT2D eigenvalue weighted by Crippen LogP contribution is 2.36. The van der Waals surface area contributed by atoms with E-state index in [1.807, 2.05) is 0 Å². The Bertz CT molecular complexity index is 608. The monoisotopic (exact) mass is 342 g/mol. The van der Waals surface area contributed by atoms with Crippen LogP contribution >= 0.6 is 0 Å². The van der Waals surface area contributed by atoms with E-state index in [4.69, 9.17) is 0 Å². The van der Waals surface area contributed by atoms with Crippen LogP contribution in [-0.4, -0.2) is 36.3 Å². The quantitative estimate of drug-likeness (QED) is 0.845. The molecule has 1 heterocycles. The molecule has 7 heteroatoms. The molecule has 0 spiro atoms. The molecule has 0 saturated carbocycles. The van der Waals surface area contributed by atoms with Crippen molar-refractivity contribution in [2.24, 2.45) is 5.92 Å². The van der Waals surface area contributed by atoms with Crippen molar-refractivity contribution in [1.29, 1.82) is 0 Å². The number of nitrogens with zero attached hydrogens (tertiary/aromatic N) is 2. The van der Waals surface area contributed by atoms with Crippen molar-refractivity contribution in [2.45, 2.75) is 32.9 Å². The Labute approximate surface area is 139 Å². The van der Waals surface area contributed by atoms with E-state index in [0.29, 0.717) is 19.0 Å². The number of hydrogen-bond acceptors (Lipinski definition) is 2. The number of halogens is 3. The number of hydrogen-bond donors (Lipinski definition) is 0. The summed E-state index contributed by atoms with van der Waals surface area (Å²) in [4.78, 5) is 26.8. The molecule has 0 radical (unpaired) electrons. The van der Waals surface area contributed by atoms with Gasteiger partial charge >= 0.3 is 6.18 Å². The molecule has 2 amide bonds. The van der Waals surface area contributed by atoms with Crippen molar-refractivity contribution in [3.05, 3.63) is 29.8 Å². The molecule has 1 aliphatic heterocycles. The van der Waals surface area contributed by atoms with Crippen LogP contribution in [0.1, 0.15) is 32.3 Å². The number of benzene rings is 1. The lowest BCUT2D eigenvalue weighted by Crippen LogP contribution is -2.45. The molecule has 132 valence electrons. The van der Waals surface area contributed by atoms with E-state index in [-0.39, 0.29) is 18.1 Å². The van der Waals surface area contributed by atoms with E-state index in [1.165, 1.54) is 25.1 Å². The second-order valence-corrected chi connectivity index (χ2v) is 6.18. The standard InChI is InChI=1S/C17H21F3N2O2/c1-12-7-9-21(10-8-12)16(24)11-22(13(2)23)15-6-4-3-5-14(15)17(18,19)20/h3-6,12H,7-11H2,1-2H3. The number of piperidine rings is 1. The summed E-state index contributed by atoms with van der Waals surface area (Å²) >= 11 is 0. The Kier molecular flexibility index (Phi) is 5.51. The van der Waals surface area contributed by atoms with Crippen LogP contribution in [0.4, 0.5) is 18.9 Å². The summed E-state index contributed by atoms with van der Waals surface area (Å²) < 4.78 is 39.5. The van der Waals surface area contributed by atoms with Crippen molar-refractivity contribution >= 4 is 17.5 Å². The molecule has 1 fully saturated rings. The average Bonchev–Trinajstić information content (AvgIpc) is 2.52. The molecule has 1 aromatic carbocycles. The third kappa shape index (κ3) is 4.27. The van der Waals surface area contributed by atoms with E-state index in [9.17, 15) is 22.8 Å². The fourth-order valence-corrected chi connectivity index (χ4v) is 2.81. The third-order valence-electron chi connectivity index (χ3n) is 4.31. The van der Waals surface area contributed by atoms with Gasteiger partial charge in [-0.25, -0.2) is 0 Å². The minimum absolute atomic E-state index is 0.281. The summed E-state index contributed by atoms with van der Waals surface area (Å²) in [7, 11) is 0. The molecular weight excluding hydrogens is 321 g/mol. The highest BCUT2D eigenvalue weighted by Gasteiger charge is 2.36. The number of para-hydroxylation sites is 1. The van der Waals surface area contributed by atoms with Crippen molar-refractivity contribution in [1.82, 2.24) is 4.90 Å². The Morgan fingerprint density at radius 2 is 1.79 bits per heavy atom. The van der Waals surface area contributed by atoms with Crippen LogP contribution < -0.4 is 4.90 Å². The maximum absolute atomic E-state index is 13.2. The number of anilines is 1. The molecule has 24 heavy (non-hydrogen) atoms. The van der Waals surface area contributed by atoms with Crippen LogP contribution in [0.25, 0.3) is 0 Å². The van der Waals surface area contributed by atoms with Crippen molar-refractivity contribution in [2.75, 3.05) is 24.5 Å². The summed E-state index contributed by atoms with van der Waals surface area (Å²) in [6, 6.07) is 4.82. The van der Waals surface area contributed by atoms with Gasteiger partial charge in [0, 0.05) is 20.0 Å². The molecule has 0 aromatic heterocycles. The Hall–Kier alpha value is -2.05. The van der Waals surface area contributed by atoms with Crippen LogP contribution in [0, 0.1) is 5.92 Å². The van der Waals surface area contributed by atoms with E-state index in [2.05, 4.69) is 6.92 Å². The van der Waals surface area contributed by atoms with Crippen LogP contribution in [0.2, 0.25) is 0 Å². The second-order valence-electron chi connectivity index (χ2n) is 6.18. The number of likely N-dealkylation sites (tertiary alicyclic amines) is 1. The first-order valence-corrected chi connectivity index (χ1v) is 7.92. The van der Waals surface area contributed by atoms with Gasteiger partial charge in [0.2, 0.25) is 11.8 Å². The van der Waals surface area contributed by atoms with E-state index >= 15 is 0 Å². The zero-order valence-corrected chi connectivity index (χ0v) is 13.8. The smallest absolute Gasteiger partial charge is 0.341 e. The summed E-state index contributed by atoms with van der Waals surface area (Å²) in [5.74, 6) is -0.386. The van der Waals surface area contributed by atoms with E-state index in [0.717, 1.165) is 23.8 Å². The molecule has 1 saturated heterocycles. The second kappa shape index (κ2) is 7.23. The Balaban J connectivity index is 2.22. The number of alkyl halides is 3. The van der Waals surface area contributed by atoms with Crippen molar-refractivity contribution in [3.8, 4) is 0 Å². The fourth-order valence-electron chi connectivity index (χ4n) is 2.81. The van der Waals surface area contributed by atoms with Gasteiger partial charge in [0.25, 0.3) is 0 Å². The third-order valence-corrected chi connectivity index (χ3v) is 4.31. The lowest BCUT2D eigenvalue weighted by atomic mass is 9.99. The van der Waals surface area contributed by atoms with Gasteiger partial charge in [-0.1, -0.05) is 19.1 Å². The molecule has 0 unspecified atom stereocenters. The first kappa shape index (κ1) is 18.3. The van der Waals surface area contributed by atoms with Gasteiger partial charge in [-0.05, 0) is 30.9 Å². The fraction of sp³-hybridized carbons (Fsp3) is 0.529. The largest absolute Gasteiger partial charge is 0.418 e. The molecule has 0 aliphatic carbocycles. The number of amides is 2. The van der Waals surface area contributed by atoms with Gasteiger partial charge in [0.15, 0.2) is 0 Å². The van der Waals surface area contributed by atoms with Crippen molar-refractivity contribution in [3.63, 3.8) is 0 Å². The number of carbonyl (C=O) groups is 2. The SMILES string of the molecule is CC(=O)N(CC(=O)N1CCC(C)CC1)c1ccccc1C(F)(F)F. The molecule has 0 bridgehead atoms. The molecule has 4 nitrogen and oxygen atoms in total. The summed E-state index contributed by atoms with van der Waals surface area (Å²) in [5, 5.41) is 0. The first-order valence-electron chi connectivity index (χ1n) is 7.92. The highest BCUT2D eigenvalue weighted by atomic mass is 19.4. The maximum atomic E-state index is 13.2. The molecule has 1 aromatic rings. The van der Waals surface area contributed by atoms with Gasteiger partial charge in [-0.3, -0.25) is 9.59 Å². The minimum Gasteiger partial charge on any atom is -0.341 e. The first-order chi connectivity index (χ1) is 11.2. The predicted octanol–water partition coefficient (Wildman–Crippen LogP) is 3.32. The summed E-state index contributed by atoms with van der Waals surface area (Å²) in [5.41, 5.74) is -1.20. The molecule has 2 rings (SSSR count). The van der Waals surface area contributed by atoms with Gasteiger partial charge in [0.1, 0.15) is 6.54 Å². The predicted molar refractivity (Wildman–Crippen MR) is 84.4 cm³/mol.